The highest BCUT2D eigenvalue weighted by Gasteiger charge is 2.11. The zero-order valence-corrected chi connectivity index (χ0v) is 15.2. The number of halogens is 2. The van der Waals surface area contributed by atoms with Crippen LogP contribution in [0.5, 0.6) is 0 Å². The van der Waals surface area contributed by atoms with Crippen LogP contribution in [-0.2, 0) is 0 Å². The summed E-state index contributed by atoms with van der Waals surface area (Å²) >= 11 is 7.22. The van der Waals surface area contributed by atoms with E-state index in [1.54, 1.807) is 13.1 Å². The van der Waals surface area contributed by atoms with Crippen LogP contribution in [0.2, 0.25) is 4.34 Å². The average molecular weight is 418 g/mol. The minimum Gasteiger partial charge on any atom is -0.386 e. The van der Waals surface area contributed by atoms with Crippen LogP contribution in [0, 0.1) is 0 Å². The zero-order valence-electron chi connectivity index (χ0n) is 11.3. The molecule has 0 aromatic carbocycles. The molecule has 0 aliphatic carbocycles. The maximum atomic E-state index is 9.98. The van der Waals surface area contributed by atoms with Crippen LogP contribution in [0.25, 0.3) is 0 Å². The van der Waals surface area contributed by atoms with E-state index in [-0.39, 0.29) is 24.0 Å². The molecule has 2 atom stereocenters. The quantitative estimate of drug-likeness (QED) is 0.392. The molecular weight excluding hydrogens is 397 g/mol. The van der Waals surface area contributed by atoms with Crippen LogP contribution in [0.3, 0.4) is 0 Å². The predicted molar refractivity (Wildman–Crippen MR) is 94.0 cm³/mol. The number of nitrogens with one attached hydrogen (secondary N) is 2. The van der Waals surface area contributed by atoms with E-state index in [9.17, 15) is 5.11 Å². The van der Waals surface area contributed by atoms with Gasteiger partial charge in [-0.05, 0) is 25.5 Å². The van der Waals surface area contributed by atoms with Gasteiger partial charge in [0.05, 0.1) is 4.34 Å². The summed E-state index contributed by atoms with van der Waals surface area (Å²) in [6.07, 6.45) is 0.446. The summed E-state index contributed by atoms with van der Waals surface area (Å²) in [5.41, 5.74) is 0. The van der Waals surface area contributed by atoms with Crippen LogP contribution < -0.4 is 10.6 Å². The Bertz CT molecular complexity index is 400. The normalized spacial score (nSPS) is 14.5. The molecule has 7 heteroatoms. The largest absolute Gasteiger partial charge is 0.386 e. The Labute approximate surface area is 140 Å². The molecule has 0 saturated carbocycles. The Morgan fingerprint density at radius 3 is 2.68 bits per heavy atom. The van der Waals surface area contributed by atoms with Crippen molar-refractivity contribution >= 4 is 52.9 Å². The van der Waals surface area contributed by atoms with Gasteiger partial charge in [-0.2, -0.15) is 0 Å². The van der Waals surface area contributed by atoms with Crippen LogP contribution in [0.1, 0.15) is 31.2 Å². The van der Waals surface area contributed by atoms with Crippen molar-refractivity contribution in [1.82, 2.24) is 10.6 Å². The highest BCUT2D eigenvalue weighted by molar-refractivity contribution is 14.0. The first kappa shape index (κ1) is 18.9. The molecule has 0 amide bonds. The molecule has 110 valence electrons. The van der Waals surface area contributed by atoms with Gasteiger partial charge in [0, 0.05) is 24.5 Å². The first-order chi connectivity index (χ1) is 8.56. The van der Waals surface area contributed by atoms with E-state index < -0.39 is 6.10 Å². The summed E-state index contributed by atoms with van der Waals surface area (Å²) in [7, 11) is 1.71. The SMILES string of the molecule is CCC(C)NC(=NC)NCC(O)c1ccc(Cl)s1.I. The second-order valence-electron chi connectivity index (χ2n) is 4.06. The maximum absolute atomic E-state index is 9.98. The molecule has 19 heavy (non-hydrogen) atoms. The number of thiophene rings is 1. The van der Waals surface area contributed by atoms with Crippen molar-refractivity contribution in [3.05, 3.63) is 21.3 Å². The Hall–Kier alpha value is -0.0500. The van der Waals surface area contributed by atoms with Crippen LogP contribution in [-0.4, -0.2) is 30.7 Å². The zero-order chi connectivity index (χ0) is 13.5. The molecule has 0 aliphatic rings. The van der Waals surface area contributed by atoms with E-state index in [0.29, 0.717) is 22.9 Å². The number of aliphatic hydroxyl groups excluding tert-OH is 1. The van der Waals surface area contributed by atoms with E-state index >= 15 is 0 Å². The number of hydrogen-bond acceptors (Lipinski definition) is 3. The summed E-state index contributed by atoms with van der Waals surface area (Å²) in [4.78, 5) is 4.96. The van der Waals surface area contributed by atoms with Crippen LogP contribution in [0.4, 0.5) is 0 Å². The van der Waals surface area contributed by atoms with Crippen molar-refractivity contribution < 1.29 is 5.11 Å². The second kappa shape index (κ2) is 9.79. The van der Waals surface area contributed by atoms with Gasteiger partial charge in [-0.1, -0.05) is 18.5 Å². The number of hydrogen-bond donors (Lipinski definition) is 3. The number of aliphatic hydroxyl groups is 1. The van der Waals surface area contributed by atoms with E-state index in [0.717, 1.165) is 11.3 Å². The lowest BCUT2D eigenvalue weighted by Gasteiger charge is -2.18. The van der Waals surface area contributed by atoms with Crippen molar-refractivity contribution in [2.45, 2.75) is 32.4 Å². The van der Waals surface area contributed by atoms with E-state index in [2.05, 4.69) is 29.5 Å². The molecule has 0 bridgehead atoms. The van der Waals surface area contributed by atoms with Gasteiger partial charge in [0.2, 0.25) is 0 Å². The molecule has 0 saturated heterocycles. The van der Waals surface area contributed by atoms with Crippen LogP contribution >= 0.6 is 46.9 Å². The third-order valence-electron chi connectivity index (χ3n) is 2.60. The monoisotopic (exact) mass is 417 g/mol. The average Bonchev–Trinajstić information content (AvgIpc) is 2.80. The van der Waals surface area contributed by atoms with Gasteiger partial charge in [0.25, 0.3) is 0 Å². The van der Waals surface area contributed by atoms with E-state index in [1.807, 2.05) is 6.07 Å². The summed E-state index contributed by atoms with van der Waals surface area (Å²) in [6, 6.07) is 3.98. The lowest BCUT2D eigenvalue weighted by atomic mass is 10.2. The maximum Gasteiger partial charge on any atom is 0.191 e. The minimum absolute atomic E-state index is 0. The molecule has 4 nitrogen and oxygen atoms in total. The van der Waals surface area contributed by atoms with Gasteiger partial charge in [0.1, 0.15) is 6.10 Å². The van der Waals surface area contributed by atoms with E-state index in [4.69, 9.17) is 11.6 Å². The molecule has 1 aromatic heterocycles. The van der Waals surface area contributed by atoms with E-state index in [1.165, 1.54) is 11.3 Å². The molecule has 0 fully saturated rings. The van der Waals surface area contributed by atoms with Gasteiger partial charge in [-0.15, -0.1) is 35.3 Å². The highest BCUT2D eigenvalue weighted by atomic mass is 127. The van der Waals surface area contributed by atoms with Gasteiger partial charge >= 0.3 is 0 Å². The summed E-state index contributed by atoms with van der Waals surface area (Å²) in [5.74, 6) is 0.700. The Morgan fingerprint density at radius 1 is 1.53 bits per heavy atom. The fourth-order valence-corrected chi connectivity index (χ4v) is 2.38. The fraction of sp³-hybridized carbons (Fsp3) is 0.583. The molecule has 0 spiro atoms. The standard InChI is InChI=1S/C12H20ClN3OS.HI/c1-4-8(2)16-12(14-3)15-7-9(17)10-5-6-11(13)18-10;/h5-6,8-9,17H,4,7H2,1-3H3,(H2,14,15,16);1H. The van der Waals surface area contributed by atoms with Crippen molar-refractivity contribution in [3.63, 3.8) is 0 Å². The first-order valence-corrected chi connectivity index (χ1v) is 7.16. The minimum atomic E-state index is -0.571. The van der Waals surface area contributed by atoms with Gasteiger partial charge in [-0.3, -0.25) is 4.99 Å². The van der Waals surface area contributed by atoms with Gasteiger partial charge in [0.15, 0.2) is 5.96 Å². The first-order valence-electron chi connectivity index (χ1n) is 5.97. The number of guanidine groups is 1. The lowest BCUT2D eigenvalue weighted by molar-refractivity contribution is 0.184. The molecule has 1 aromatic rings. The Morgan fingerprint density at radius 2 is 2.21 bits per heavy atom. The number of nitrogens with zero attached hydrogens (tertiary/aromatic N) is 1. The number of rotatable bonds is 5. The van der Waals surface area contributed by atoms with Crippen molar-refractivity contribution in [2.24, 2.45) is 4.99 Å². The van der Waals surface area contributed by atoms with Crippen molar-refractivity contribution in [3.8, 4) is 0 Å². The third-order valence-corrected chi connectivity index (χ3v) is 3.94. The molecule has 3 N–H and O–H groups in total. The fourth-order valence-electron chi connectivity index (χ4n) is 1.33. The third kappa shape index (κ3) is 6.78. The molecule has 0 radical (unpaired) electrons. The second-order valence-corrected chi connectivity index (χ2v) is 5.81. The van der Waals surface area contributed by atoms with Gasteiger partial charge in [-0.25, -0.2) is 0 Å². The van der Waals surface area contributed by atoms with Crippen molar-refractivity contribution in [1.29, 1.82) is 0 Å². The smallest absolute Gasteiger partial charge is 0.191 e. The number of aliphatic imine (C=N–C) groups is 1. The Balaban J connectivity index is 0.00000324. The van der Waals surface area contributed by atoms with Crippen LogP contribution in [0.15, 0.2) is 17.1 Å². The molecule has 1 rings (SSSR count). The topological polar surface area (TPSA) is 56.7 Å². The molecular formula is C12H21ClIN3OS. The molecule has 0 aliphatic heterocycles. The van der Waals surface area contributed by atoms with Gasteiger partial charge < -0.3 is 15.7 Å². The summed E-state index contributed by atoms with van der Waals surface area (Å²) in [6.45, 7) is 4.60. The summed E-state index contributed by atoms with van der Waals surface area (Å²) in [5, 5.41) is 16.3. The Kier molecular flexibility index (Phi) is 9.77. The molecule has 1 heterocycles. The lowest BCUT2D eigenvalue weighted by Crippen LogP contribution is -2.43. The predicted octanol–water partition coefficient (Wildman–Crippen LogP) is 3.02. The van der Waals surface area contributed by atoms with Crippen molar-refractivity contribution in [2.75, 3.05) is 13.6 Å². The molecule has 2 unspecified atom stereocenters. The highest BCUT2D eigenvalue weighted by Crippen LogP contribution is 2.26. The summed E-state index contributed by atoms with van der Waals surface area (Å²) < 4.78 is 0.686.